The first kappa shape index (κ1) is 66.1. The molecule has 0 atom stereocenters. The van der Waals surface area contributed by atoms with Crippen molar-refractivity contribution in [3.8, 4) is 39.9 Å². The minimum Gasteiger partial charge on any atom is -0.307 e. The average Bonchev–Trinajstić information content (AvgIpc) is 1.45. The molecule has 0 saturated heterocycles. The van der Waals surface area contributed by atoms with E-state index in [1.165, 1.54) is 55.3 Å². The molecule has 0 aliphatic carbocycles. The number of nitrogens with zero attached hydrogens (tertiary/aromatic N) is 6. The Morgan fingerprint density at radius 2 is 0.480 bits per heavy atom. The first-order valence-corrected chi connectivity index (χ1v) is 35.6. The van der Waals surface area contributed by atoms with E-state index in [4.69, 9.17) is 4.98 Å². The van der Waals surface area contributed by atoms with Gasteiger partial charge in [0, 0.05) is 66.6 Å². The van der Waals surface area contributed by atoms with Gasteiger partial charge in [-0.1, -0.05) is 221 Å². The molecule has 0 aliphatic heterocycles. The second-order valence-corrected chi connectivity index (χ2v) is 36.7. The van der Waals surface area contributed by atoms with Crippen molar-refractivity contribution in [2.45, 2.75) is 209 Å². The summed E-state index contributed by atoms with van der Waals surface area (Å²) in [6.07, 6.45) is 3.93. The molecule has 6 nitrogen and oxygen atoms in total. The van der Waals surface area contributed by atoms with Gasteiger partial charge in [-0.05, 0) is 191 Å². The Bertz CT molecular complexity index is 5390. The normalized spacial score (nSPS) is 13.5. The standard InChI is InChI=1S/C92H100N6/c1-85(2,3)55-27-35-72-63(44-55)64-45-56(86(4,5)6)28-36-73(64)95(72)81-71(52-93)82(96-74-37-29-57(87(7,8)9)46-65(74)66-47-58(88(10,11)12)30-38-75(66)96)84(98-78-41-33-61(91(19,20)21)50-69(78)70-51-62(92(22,23)24)34-42-79(70)98)83(80(81)54-26-25-43-94-53-54)97-76-39-31-59(89(13,14)15)48-67(76)68-49-60(90(16,17)18)32-40-77(68)97/h25-51,53H,1-24H3. The van der Waals surface area contributed by atoms with Crippen molar-refractivity contribution in [2.24, 2.45) is 0 Å². The zero-order valence-corrected chi connectivity index (χ0v) is 62.8. The lowest BCUT2D eigenvalue weighted by atomic mass is 9.85. The molecule has 14 aromatic rings. The maximum absolute atomic E-state index is 13.5. The van der Waals surface area contributed by atoms with E-state index in [0.29, 0.717) is 5.56 Å². The van der Waals surface area contributed by atoms with E-state index in [1.807, 2.05) is 12.4 Å². The Hall–Kier alpha value is -9.18. The molecular weight excluding hydrogens is 1190 g/mol. The Kier molecular flexibility index (Phi) is 14.8. The van der Waals surface area contributed by atoms with Crippen LogP contribution in [0.15, 0.2) is 170 Å². The van der Waals surface area contributed by atoms with Crippen LogP contribution in [0.5, 0.6) is 0 Å². The van der Waals surface area contributed by atoms with Crippen LogP contribution >= 0.6 is 0 Å². The summed E-state index contributed by atoms with van der Waals surface area (Å²) in [4.78, 5) is 5.12. The lowest BCUT2D eigenvalue weighted by Crippen LogP contribution is -2.17. The highest BCUT2D eigenvalue weighted by Crippen LogP contribution is 2.54. The molecule has 0 amide bonds. The topological polar surface area (TPSA) is 56.4 Å². The predicted molar refractivity (Wildman–Crippen MR) is 421 cm³/mol. The van der Waals surface area contributed by atoms with Crippen LogP contribution in [0.4, 0.5) is 0 Å². The van der Waals surface area contributed by atoms with Crippen LogP contribution in [-0.2, 0) is 43.3 Å². The van der Waals surface area contributed by atoms with Gasteiger partial charge in [-0.2, -0.15) is 5.26 Å². The summed E-state index contributed by atoms with van der Waals surface area (Å²) in [6, 6.07) is 64.8. The maximum Gasteiger partial charge on any atom is 0.104 e. The molecule has 0 spiro atoms. The summed E-state index contributed by atoms with van der Waals surface area (Å²) in [5.41, 5.74) is 22.8. The van der Waals surface area contributed by atoms with Crippen molar-refractivity contribution < 1.29 is 0 Å². The fraction of sp³-hybridized carbons (Fsp3) is 0.348. The molecule has 5 aromatic heterocycles. The molecule has 0 saturated carbocycles. The minimum absolute atomic E-state index is 0.152. The van der Waals surface area contributed by atoms with Crippen LogP contribution in [-0.4, -0.2) is 23.3 Å². The molecule has 0 fully saturated rings. The van der Waals surface area contributed by atoms with E-state index in [2.05, 4.69) is 348 Å². The number of rotatable bonds is 5. The number of nitriles is 1. The summed E-state index contributed by atoms with van der Waals surface area (Å²) in [7, 11) is 0. The van der Waals surface area contributed by atoms with Crippen molar-refractivity contribution >= 4 is 87.2 Å². The summed E-state index contributed by atoms with van der Waals surface area (Å²) >= 11 is 0. The second-order valence-electron chi connectivity index (χ2n) is 36.7. The molecule has 14 rings (SSSR count). The van der Waals surface area contributed by atoms with Crippen molar-refractivity contribution in [2.75, 3.05) is 0 Å². The fourth-order valence-electron chi connectivity index (χ4n) is 15.2. The van der Waals surface area contributed by atoms with Gasteiger partial charge in [-0.3, -0.25) is 4.98 Å². The van der Waals surface area contributed by atoms with Crippen LogP contribution in [0.3, 0.4) is 0 Å². The number of fused-ring (bicyclic) bond motifs is 12. The van der Waals surface area contributed by atoms with Crippen LogP contribution in [0.2, 0.25) is 0 Å². The summed E-state index contributed by atoms with van der Waals surface area (Å²) in [5.74, 6) is 0. The number of pyridine rings is 1. The monoisotopic (exact) mass is 1290 g/mol. The van der Waals surface area contributed by atoms with Crippen molar-refractivity contribution in [3.05, 3.63) is 220 Å². The molecule has 0 radical (unpaired) electrons. The van der Waals surface area contributed by atoms with Crippen molar-refractivity contribution in [1.29, 1.82) is 5.26 Å². The lowest BCUT2D eigenvalue weighted by Gasteiger charge is -2.30. The van der Waals surface area contributed by atoms with Crippen molar-refractivity contribution in [1.82, 2.24) is 23.3 Å². The smallest absolute Gasteiger partial charge is 0.104 e. The van der Waals surface area contributed by atoms with Crippen LogP contribution in [0.1, 0.15) is 216 Å². The highest BCUT2D eigenvalue weighted by molar-refractivity contribution is 6.18. The number of benzene rings is 9. The molecule has 498 valence electrons. The Morgan fingerprint density at radius 1 is 0.265 bits per heavy atom. The Morgan fingerprint density at radius 3 is 0.684 bits per heavy atom. The van der Waals surface area contributed by atoms with Gasteiger partial charge in [0.2, 0.25) is 0 Å². The average molecular weight is 1290 g/mol. The molecular formula is C92H100N6. The third-order valence-electron chi connectivity index (χ3n) is 21.3. The quantitative estimate of drug-likeness (QED) is 0.172. The molecule has 6 heteroatoms. The van der Waals surface area contributed by atoms with E-state index >= 15 is 0 Å². The van der Waals surface area contributed by atoms with E-state index in [0.717, 1.165) is 110 Å². The number of hydrogen-bond acceptors (Lipinski definition) is 2. The minimum atomic E-state index is -0.161. The van der Waals surface area contributed by atoms with Gasteiger partial charge < -0.3 is 18.3 Å². The lowest BCUT2D eigenvalue weighted by molar-refractivity contribution is 0.590. The first-order valence-electron chi connectivity index (χ1n) is 35.6. The van der Waals surface area contributed by atoms with E-state index < -0.39 is 0 Å². The summed E-state index contributed by atoms with van der Waals surface area (Å²) in [6.45, 7) is 55.6. The molecule has 0 unspecified atom stereocenters. The van der Waals surface area contributed by atoms with Gasteiger partial charge in [0.15, 0.2) is 0 Å². The number of aromatic nitrogens is 5. The third-order valence-corrected chi connectivity index (χ3v) is 21.3. The largest absolute Gasteiger partial charge is 0.307 e. The first-order chi connectivity index (χ1) is 45.6. The van der Waals surface area contributed by atoms with Crippen molar-refractivity contribution in [3.63, 3.8) is 0 Å². The highest BCUT2D eigenvalue weighted by Gasteiger charge is 2.37. The van der Waals surface area contributed by atoms with E-state index in [1.54, 1.807) is 0 Å². The maximum atomic E-state index is 13.5. The van der Waals surface area contributed by atoms with Gasteiger partial charge in [0.1, 0.15) is 11.6 Å². The molecule has 5 heterocycles. The Labute approximate surface area is 582 Å². The molecule has 0 bridgehead atoms. The van der Waals surface area contributed by atoms with Gasteiger partial charge in [0.25, 0.3) is 0 Å². The van der Waals surface area contributed by atoms with E-state index in [-0.39, 0.29) is 43.3 Å². The molecule has 0 aliphatic rings. The van der Waals surface area contributed by atoms with Gasteiger partial charge in [-0.15, -0.1) is 0 Å². The van der Waals surface area contributed by atoms with Crippen LogP contribution < -0.4 is 0 Å². The SMILES string of the molecule is CC(C)(C)c1ccc2c(c1)c1cc(C(C)(C)C)ccc1n2-c1c(C#N)c(-n2c3ccc(C(C)(C)C)cc3c3cc(C(C)(C)C)ccc32)c(-n2c3ccc(C(C)(C)C)cc3c3cc(C(C)(C)C)ccc32)c(-n2c3ccc(C(C)(C)C)cc3c3cc(C(C)(C)C)ccc32)c1-c1cccnc1. The van der Waals surface area contributed by atoms with E-state index in [9.17, 15) is 5.26 Å². The number of hydrogen-bond donors (Lipinski definition) is 0. The fourth-order valence-corrected chi connectivity index (χ4v) is 15.2. The zero-order chi connectivity index (χ0) is 70.4. The zero-order valence-electron chi connectivity index (χ0n) is 62.8. The predicted octanol–water partition coefficient (Wildman–Crippen LogP) is 25.4. The Balaban J connectivity index is 1.37. The molecule has 98 heavy (non-hydrogen) atoms. The summed E-state index contributed by atoms with van der Waals surface area (Å²) in [5, 5.41) is 22.7. The van der Waals surface area contributed by atoms with Crippen LogP contribution in [0, 0.1) is 11.3 Å². The third kappa shape index (κ3) is 10.7. The van der Waals surface area contributed by atoms with Gasteiger partial charge in [0.05, 0.1) is 66.9 Å². The van der Waals surface area contributed by atoms with Gasteiger partial charge >= 0.3 is 0 Å². The molecule has 0 N–H and O–H groups in total. The van der Waals surface area contributed by atoms with Crippen LogP contribution in [0.25, 0.3) is 121 Å². The second kappa shape index (κ2) is 21.9. The highest BCUT2D eigenvalue weighted by atomic mass is 15.1. The molecule has 9 aromatic carbocycles. The summed E-state index contributed by atoms with van der Waals surface area (Å²) < 4.78 is 10.2. The van der Waals surface area contributed by atoms with Gasteiger partial charge in [-0.25, -0.2) is 0 Å².